The van der Waals surface area contributed by atoms with Crippen LogP contribution in [-0.4, -0.2) is 30.4 Å². The van der Waals surface area contributed by atoms with E-state index in [0.29, 0.717) is 5.84 Å². The molecule has 0 unspecified atom stereocenters. The third-order valence-corrected chi connectivity index (χ3v) is 4.70. The molecule has 0 aliphatic carbocycles. The molecule has 0 aromatic heterocycles. The minimum atomic E-state index is 0. The Morgan fingerprint density at radius 2 is 1.52 bits per heavy atom. The third kappa shape index (κ3) is 6.42. The molecule has 0 spiro atoms. The Labute approximate surface area is 171 Å². The molecule has 0 amide bonds. The van der Waals surface area contributed by atoms with Crippen LogP contribution in [0, 0.1) is 5.41 Å². The van der Waals surface area contributed by atoms with Gasteiger partial charge in [0.25, 0.3) is 0 Å². The Balaban J connectivity index is 0.00000364. The van der Waals surface area contributed by atoms with Crippen molar-refractivity contribution < 1.29 is 4.74 Å². The lowest BCUT2D eigenvalue weighted by molar-refractivity contribution is 0.308. The summed E-state index contributed by atoms with van der Waals surface area (Å²) in [5.41, 5.74) is 1.00. The van der Waals surface area contributed by atoms with Crippen LogP contribution in [0.1, 0.15) is 64.9 Å². The fraction of sp³-hybridized carbons (Fsp3) is 0.522. The van der Waals surface area contributed by atoms with Crippen molar-refractivity contribution in [3.63, 3.8) is 0 Å². The van der Waals surface area contributed by atoms with E-state index in [4.69, 9.17) is 10.1 Å². The van der Waals surface area contributed by atoms with Crippen LogP contribution in [0.5, 0.6) is 5.75 Å². The lowest BCUT2D eigenvalue weighted by Gasteiger charge is -2.25. The second-order valence-corrected chi connectivity index (χ2v) is 6.90. The van der Waals surface area contributed by atoms with Crippen LogP contribution in [0.3, 0.4) is 0 Å². The van der Waals surface area contributed by atoms with Gasteiger partial charge in [-0.05, 0) is 36.8 Å². The van der Waals surface area contributed by atoms with Gasteiger partial charge in [0.1, 0.15) is 11.6 Å². The van der Waals surface area contributed by atoms with E-state index in [1.54, 1.807) is 0 Å². The molecule has 3 nitrogen and oxygen atoms in total. The highest BCUT2D eigenvalue weighted by Gasteiger charge is 2.15. The number of hydrogen-bond acceptors (Lipinski definition) is 2. The standard InChI is InChI=1S/C23H34N2O.ClH/c1-4-7-8-11-18-26-22-15-14-21(19-12-9-10-13-20(19)22)23(24)25(16-5-2)17-6-3;/h9-10,12-15,24H,4-8,11,16-18H2,1-3H3;1H. The van der Waals surface area contributed by atoms with Crippen molar-refractivity contribution in [2.75, 3.05) is 19.7 Å². The predicted molar refractivity (Wildman–Crippen MR) is 120 cm³/mol. The molecule has 2 aromatic rings. The molecular weight excluding hydrogens is 356 g/mol. The van der Waals surface area contributed by atoms with E-state index in [1.165, 1.54) is 19.3 Å². The average molecular weight is 391 g/mol. The van der Waals surface area contributed by atoms with Gasteiger partial charge in [0.15, 0.2) is 0 Å². The van der Waals surface area contributed by atoms with Crippen LogP contribution < -0.4 is 4.74 Å². The van der Waals surface area contributed by atoms with Crippen molar-refractivity contribution >= 4 is 29.0 Å². The summed E-state index contributed by atoms with van der Waals surface area (Å²) >= 11 is 0. The Morgan fingerprint density at radius 1 is 0.852 bits per heavy atom. The summed E-state index contributed by atoms with van der Waals surface area (Å²) < 4.78 is 6.07. The van der Waals surface area contributed by atoms with E-state index in [2.05, 4.69) is 49.9 Å². The summed E-state index contributed by atoms with van der Waals surface area (Å²) in [7, 11) is 0. The van der Waals surface area contributed by atoms with Crippen molar-refractivity contribution in [1.29, 1.82) is 5.41 Å². The van der Waals surface area contributed by atoms with Gasteiger partial charge in [0, 0.05) is 24.0 Å². The number of fused-ring (bicyclic) bond motifs is 1. The zero-order valence-electron chi connectivity index (χ0n) is 17.1. The van der Waals surface area contributed by atoms with Crippen molar-refractivity contribution in [1.82, 2.24) is 4.90 Å². The van der Waals surface area contributed by atoms with Gasteiger partial charge in [0.2, 0.25) is 0 Å². The summed E-state index contributed by atoms with van der Waals surface area (Å²) in [6.45, 7) is 9.18. The van der Waals surface area contributed by atoms with Gasteiger partial charge in [-0.1, -0.05) is 64.3 Å². The van der Waals surface area contributed by atoms with Crippen LogP contribution in [0.2, 0.25) is 0 Å². The molecule has 1 N–H and O–H groups in total. The van der Waals surface area contributed by atoms with Gasteiger partial charge in [0.05, 0.1) is 6.61 Å². The van der Waals surface area contributed by atoms with Gasteiger partial charge < -0.3 is 9.64 Å². The molecule has 2 aromatic carbocycles. The minimum Gasteiger partial charge on any atom is -0.493 e. The first-order valence-electron chi connectivity index (χ1n) is 10.2. The lowest BCUT2D eigenvalue weighted by atomic mass is 10.0. The predicted octanol–water partition coefficient (Wildman–Crippen LogP) is 6.67. The Hall–Kier alpha value is -1.74. The number of rotatable bonds is 11. The van der Waals surface area contributed by atoms with E-state index in [0.717, 1.165) is 61.0 Å². The SMILES string of the molecule is CCCCCCOc1ccc(C(=N)N(CCC)CCC)c2ccccc12.Cl. The van der Waals surface area contributed by atoms with Crippen molar-refractivity contribution in [3.05, 3.63) is 42.0 Å². The van der Waals surface area contributed by atoms with E-state index < -0.39 is 0 Å². The number of amidine groups is 1. The maximum atomic E-state index is 8.75. The van der Waals surface area contributed by atoms with Crippen LogP contribution in [0.15, 0.2) is 36.4 Å². The zero-order chi connectivity index (χ0) is 18.8. The first-order chi connectivity index (χ1) is 12.7. The van der Waals surface area contributed by atoms with Gasteiger partial charge in [-0.3, -0.25) is 5.41 Å². The molecule has 0 fully saturated rings. The lowest BCUT2D eigenvalue weighted by Crippen LogP contribution is -2.32. The number of halogens is 1. The van der Waals surface area contributed by atoms with E-state index in [1.807, 2.05) is 12.1 Å². The summed E-state index contributed by atoms with van der Waals surface area (Å²) in [4.78, 5) is 2.19. The number of benzene rings is 2. The number of unbranched alkanes of at least 4 members (excludes halogenated alkanes) is 3. The molecule has 0 bridgehead atoms. The molecule has 2 rings (SSSR count). The van der Waals surface area contributed by atoms with Crippen LogP contribution in [-0.2, 0) is 0 Å². The second kappa shape index (κ2) is 12.6. The Morgan fingerprint density at radius 3 is 2.15 bits per heavy atom. The summed E-state index contributed by atoms with van der Waals surface area (Å²) in [6, 6.07) is 12.4. The fourth-order valence-corrected chi connectivity index (χ4v) is 3.36. The number of hydrogen-bond donors (Lipinski definition) is 1. The Kier molecular flexibility index (Phi) is 10.9. The molecule has 0 aliphatic rings. The molecular formula is C23H35ClN2O. The fourth-order valence-electron chi connectivity index (χ4n) is 3.36. The molecule has 27 heavy (non-hydrogen) atoms. The number of nitrogens with zero attached hydrogens (tertiary/aromatic N) is 1. The quantitative estimate of drug-likeness (QED) is 0.264. The molecule has 0 radical (unpaired) electrons. The van der Waals surface area contributed by atoms with Gasteiger partial charge in [-0.25, -0.2) is 0 Å². The molecule has 4 heteroatoms. The first kappa shape index (κ1) is 23.3. The smallest absolute Gasteiger partial charge is 0.128 e. The average Bonchev–Trinajstić information content (AvgIpc) is 2.67. The third-order valence-electron chi connectivity index (χ3n) is 4.70. The zero-order valence-corrected chi connectivity index (χ0v) is 17.9. The maximum absolute atomic E-state index is 8.75. The number of nitrogens with one attached hydrogen (secondary N) is 1. The van der Waals surface area contributed by atoms with Crippen molar-refractivity contribution in [2.45, 2.75) is 59.3 Å². The normalized spacial score (nSPS) is 10.5. The van der Waals surface area contributed by atoms with Crippen LogP contribution in [0.4, 0.5) is 0 Å². The van der Waals surface area contributed by atoms with Crippen LogP contribution >= 0.6 is 12.4 Å². The van der Waals surface area contributed by atoms with Gasteiger partial charge >= 0.3 is 0 Å². The molecule has 0 atom stereocenters. The molecule has 0 heterocycles. The summed E-state index contributed by atoms with van der Waals surface area (Å²) in [6.07, 6.45) is 6.94. The molecule has 150 valence electrons. The van der Waals surface area contributed by atoms with Crippen molar-refractivity contribution in [3.8, 4) is 5.75 Å². The van der Waals surface area contributed by atoms with E-state index in [9.17, 15) is 0 Å². The second-order valence-electron chi connectivity index (χ2n) is 6.90. The van der Waals surface area contributed by atoms with E-state index in [-0.39, 0.29) is 12.4 Å². The Bertz CT molecular complexity index is 696. The monoisotopic (exact) mass is 390 g/mol. The largest absolute Gasteiger partial charge is 0.493 e. The van der Waals surface area contributed by atoms with Crippen molar-refractivity contribution in [2.24, 2.45) is 0 Å². The molecule has 0 saturated heterocycles. The highest BCUT2D eigenvalue weighted by atomic mass is 35.5. The minimum absolute atomic E-state index is 0. The molecule has 0 aliphatic heterocycles. The highest BCUT2D eigenvalue weighted by molar-refractivity contribution is 6.09. The van der Waals surface area contributed by atoms with Gasteiger partial charge in [-0.15, -0.1) is 12.4 Å². The summed E-state index contributed by atoms with van der Waals surface area (Å²) in [5, 5.41) is 11.0. The first-order valence-corrected chi connectivity index (χ1v) is 10.2. The topological polar surface area (TPSA) is 36.3 Å². The molecule has 0 saturated carbocycles. The highest BCUT2D eigenvalue weighted by Crippen LogP contribution is 2.29. The maximum Gasteiger partial charge on any atom is 0.128 e. The van der Waals surface area contributed by atoms with Gasteiger partial charge in [-0.2, -0.15) is 0 Å². The number of ether oxygens (including phenoxy) is 1. The van der Waals surface area contributed by atoms with E-state index >= 15 is 0 Å². The summed E-state index contributed by atoms with van der Waals surface area (Å²) in [5.74, 6) is 1.56. The van der Waals surface area contributed by atoms with Crippen LogP contribution in [0.25, 0.3) is 10.8 Å².